The maximum Gasteiger partial charge on any atom is 0.274 e. The monoisotopic (exact) mass is 249 g/mol. The fraction of sp³-hybridized carbons (Fsp3) is 0.0833. The fourth-order valence-corrected chi connectivity index (χ4v) is 1.36. The summed E-state index contributed by atoms with van der Waals surface area (Å²) < 4.78 is 26.0. The van der Waals surface area contributed by atoms with E-state index in [1.165, 1.54) is 12.3 Å². The number of carbonyl (C=O) groups excluding carboxylic acids is 1. The Morgan fingerprint density at radius 3 is 2.72 bits per heavy atom. The zero-order valence-electron chi connectivity index (χ0n) is 9.45. The molecule has 0 bridgehead atoms. The molecular weight excluding hydrogens is 240 g/mol. The molecule has 0 aliphatic carbocycles. The number of carbonyl (C=O) groups is 1. The largest absolute Gasteiger partial charge is 0.318 e. The van der Waals surface area contributed by atoms with E-state index in [2.05, 4.69) is 15.3 Å². The lowest BCUT2D eigenvalue weighted by atomic mass is 10.3. The van der Waals surface area contributed by atoms with Crippen LogP contribution in [0.2, 0.25) is 0 Å². The van der Waals surface area contributed by atoms with Crippen molar-refractivity contribution in [2.24, 2.45) is 0 Å². The van der Waals surface area contributed by atoms with Crippen molar-refractivity contribution in [1.82, 2.24) is 9.97 Å². The Morgan fingerprint density at radius 1 is 1.28 bits per heavy atom. The van der Waals surface area contributed by atoms with Gasteiger partial charge in [-0.1, -0.05) is 0 Å². The van der Waals surface area contributed by atoms with E-state index in [0.29, 0.717) is 11.9 Å². The van der Waals surface area contributed by atoms with E-state index in [1.54, 1.807) is 6.92 Å². The summed E-state index contributed by atoms with van der Waals surface area (Å²) in [6.45, 7) is 1.63. The Kier molecular flexibility index (Phi) is 3.27. The van der Waals surface area contributed by atoms with E-state index in [4.69, 9.17) is 0 Å². The van der Waals surface area contributed by atoms with Crippen molar-refractivity contribution >= 4 is 11.6 Å². The molecule has 0 fully saturated rings. The SMILES string of the molecule is Cc1nccc(C(=O)Nc2ccc(F)cc2F)n1. The Hall–Kier alpha value is -2.37. The van der Waals surface area contributed by atoms with E-state index in [0.717, 1.165) is 12.1 Å². The summed E-state index contributed by atoms with van der Waals surface area (Å²) >= 11 is 0. The number of nitrogens with one attached hydrogen (secondary N) is 1. The third kappa shape index (κ3) is 2.65. The van der Waals surface area contributed by atoms with Gasteiger partial charge in [-0.2, -0.15) is 0 Å². The predicted molar refractivity (Wildman–Crippen MR) is 61.1 cm³/mol. The second-order valence-corrected chi connectivity index (χ2v) is 3.57. The molecule has 1 aromatic carbocycles. The van der Waals surface area contributed by atoms with Crippen LogP contribution in [0.15, 0.2) is 30.5 Å². The van der Waals surface area contributed by atoms with E-state index in [-0.39, 0.29) is 11.4 Å². The predicted octanol–water partition coefficient (Wildman–Crippen LogP) is 2.32. The summed E-state index contributed by atoms with van der Waals surface area (Å²) in [5.74, 6) is -1.69. The van der Waals surface area contributed by atoms with Crippen molar-refractivity contribution in [2.75, 3.05) is 5.32 Å². The normalized spacial score (nSPS) is 10.2. The standard InChI is InChI=1S/C12H9F2N3O/c1-7-15-5-4-11(16-7)12(18)17-10-3-2-8(13)6-9(10)14/h2-6H,1H3,(H,17,18). The van der Waals surface area contributed by atoms with Gasteiger partial charge in [-0.25, -0.2) is 18.7 Å². The Labute approximate surface area is 102 Å². The number of aromatic nitrogens is 2. The summed E-state index contributed by atoms with van der Waals surface area (Å²) in [5, 5.41) is 2.31. The molecule has 1 amide bonds. The zero-order chi connectivity index (χ0) is 13.1. The first-order valence-corrected chi connectivity index (χ1v) is 5.12. The van der Waals surface area contributed by atoms with E-state index in [9.17, 15) is 13.6 Å². The van der Waals surface area contributed by atoms with Gasteiger partial charge in [-0.05, 0) is 25.1 Å². The number of aryl methyl sites for hydroxylation is 1. The molecule has 2 rings (SSSR count). The minimum Gasteiger partial charge on any atom is -0.318 e. The Bertz CT molecular complexity index is 602. The molecule has 0 radical (unpaired) electrons. The Balaban J connectivity index is 2.21. The minimum atomic E-state index is -0.839. The van der Waals surface area contributed by atoms with Gasteiger partial charge < -0.3 is 5.32 Å². The molecule has 92 valence electrons. The number of hydrogen-bond donors (Lipinski definition) is 1. The molecule has 6 heteroatoms. The van der Waals surface area contributed by atoms with Gasteiger partial charge in [0.1, 0.15) is 23.2 Å². The number of hydrogen-bond acceptors (Lipinski definition) is 3. The molecule has 0 spiro atoms. The van der Waals surface area contributed by atoms with Gasteiger partial charge in [0.15, 0.2) is 0 Å². The van der Waals surface area contributed by atoms with Crippen LogP contribution in [0.4, 0.5) is 14.5 Å². The summed E-state index contributed by atoms with van der Waals surface area (Å²) in [6, 6.07) is 4.31. The smallest absolute Gasteiger partial charge is 0.274 e. The molecule has 0 saturated heterocycles. The quantitative estimate of drug-likeness (QED) is 0.888. The first kappa shape index (κ1) is 12.1. The molecule has 2 aromatic rings. The van der Waals surface area contributed by atoms with Crippen LogP contribution in [0.5, 0.6) is 0 Å². The number of halogens is 2. The number of anilines is 1. The summed E-state index contributed by atoms with van der Waals surface area (Å²) in [5.41, 5.74) is 0.0175. The highest BCUT2D eigenvalue weighted by atomic mass is 19.1. The lowest BCUT2D eigenvalue weighted by Crippen LogP contribution is -2.15. The fourth-order valence-electron chi connectivity index (χ4n) is 1.36. The van der Waals surface area contributed by atoms with Crippen molar-refractivity contribution in [3.63, 3.8) is 0 Å². The van der Waals surface area contributed by atoms with Gasteiger partial charge in [-0.3, -0.25) is 4.79 Å². The molecule has 0 saturated carbocycles. The van der Waals surface area contributed by atoms with Crippen LogP contribution in [0.25, 0.3) is 0 Å². The van der Waals surface area contributed by atoms with E-state index in [1.807, 2.05) is 0 Å². The van der Waals surface area contributed by atoms with Gasteiger partial charge >= 0.3 is 0 Å². The summed E-state index contributed by atoms with van der Waals surface area (Å²) in [7, 11) is 0. The number of rotatable bonds is 2. The lowest BCUT2D eigenvalue weighted by molar-refractivity contribution is 0.102. The third-order valence-corrected chi connectivity index (χ3v) is 2.19. The van der Waals surface area contributed by atoms with Crippen LogP contribution >= 0.6 is 0 Å². The first-order chi connectivity index (χ1) is 8.56. The van der Waals surface area contributed by atoms with Crippen LogP contribution in [0.3, 0.4) is 0 Å². The summed E-state index contributed by atoms with van der Waals surface area (Å²) in [6.07, 6.45) is 1.43. The molecule has 1 heterocycles. The minimum absolute atomic E-state index is 0.0994. The van der Waals surface area contributed by atoms with Crippen LogP contribution < -0.4 is 5.32 Å². The number of amides is 1. The molecule has 0 atom stereocenters. The second kappa shape index (κ2) is 4.87. The number of nitrogens with zero attached hydrogens (tertiary/aromatic N) is 2. The summed E-state index contributed by atoms with van der Waals surface area (Å²) in [4.78, 5) is 19.5. The highest BCUT2D eigenvalue weighted by Gasteiger charge is 2.11. The molecule has 0 aliphatic heterocycles. The molecular formula is C12H9F2N3O. The van der Waals surface area contributed by atoms with Gasteiger partial charge in [0.05, 0.1) is 5.69 Å². The van der Waals surface area contributed by atoms with Crippen molar-refractivity contribution in [1.29, 1.82) is 0 Å². The van der Waals surface area contributed by atoms with Crippen LogP contribution in [-0.2, 0) is 0 Å². The highest BCUT2D eigenvalue weighted by molar-refractivity contribution is 6.02. The lowest BCUT2D eigenvalue weighted by Gasteiger charge is -2.06. The van der Waals surface area contributed by atoms with Crippen LogP contribution in [0.1, 0.15) is 16.3 Å². The maximum atomic E-state index is 13.3. The molecule has 0 unspecified atom stereocenters. The average molecular weight is 249 g/mol. The van der Waals surface area contributed by atoms with E-state index >= 15 is 0 Å². The number of benzene rings is 1. The van der Waals surface area contributed by atoms with E-state index < -0.39 is 17.5 Å². The van der Waals surface area contributed by atoms with Gasteiger partial charge in [-0.15, -0.1) is 0 Å². The van der Waals surface area contributed by atoms with Gasteiger partial charge in [0, 0.05) is 12.3 Å². The maximum absolute atomic E-state index is 13.3. The van der Waals surface area contributed by atoms with Gasteiger partial charge in [0.25, 0.3) is 5.91 Å². The van der Waals surface area contributed by atoms with Crippen LogP contribution in [0, 0.1) is 18.6 Å². The molecule has 4 nitrogen and oxygen atoms in total. The average Bonchev–Trinajstić information content (AvgIpc) is 2.32. The molecule has 1 N–H and O–H groups in total. The topological polar surface area (TPSA) is 54.9 Å². The van der Waals surface area contributed by atoms with Crippen LogP contribution in [-0.4, -0.2) is 15.9 Å². The molecule has 1 aromatic heterocycles. The van der Waals surface area contributed by atoms with Gasteiger partial charge in [0.2, 0.25) is 0 Å². The van der Waals surface area contributed by atoms with Crippen molar-refractivity contribution < 1.29 is 13.6 Å². The first-order valence-electron chi connectivity index (χ1n) is 5.12. The molecule has 18 heavy (non-hydrogen) atoms. The van der Waals surface area contributed by atoms with Crippen molar-refractivity contribution in [3.05, 3.63) is 53.6 Å². The third-order valence-electron chi connectivity index (χ3n) is 2.19. The molecule has 0 aliphatic rings. The second-order valence-electron chi connectivity index (χ2n) is 3.57. The zero-order valence-corrected chi connectivity index (χ0v) is 9.45. The Morgan fingerprint density at radius 2 is 2.06 bits per heavy atom. The van der Waals surface area contributed by atoms with Crippen molar-refractivity contribution in [3.8, 4) is 0 Å². The highest BCUT2D eigenvalue weighted by Crippen LogP contribution is 2.15. The van der Waals surface area contributed by atoms with Crippen molar-refractivity contribution in [2.45, 2.75) is 6.92 Å².